The van der Waals surface area contributed by atoms with Gasteiger partial charge in [0.15, 0.2) is 0 Å². The molecule has 2 atom stereocenters. The van der Waals surface area contributed by atoms with Crippen LogP contribution in [0.25, 0.3) is 0 Å². The molecule has 0 aliphatic heterocycles. The van der Waals surface area contributed by atoms with Crippen LogP contribution in [0.1, 0.15) is 118 Å². The predicted octanol–water partition coefficient (Wildman–Crippen LogP) is 7.39. The van der Waals surface area contributed by atoms with Gasteiger partial charge in [-0.1, -0.05) is 129 Å². The number of rotatable bonds is 13. The van der Waals surface area contributed by atoms with Crippen molar-refractivity contribution in [1.29, 1.82) is 0 Å². The molecule has 0 aromatic carbocycles. The van der Waals surface area contributed by atoms with Gasteiger partial charge in [-0.25, -0.2) is 0 Å². The molecular weight excluding hydrogens is 446 g/mol. The molecule has 0 amide bonds. The minimum absolute atomic E-state index is 0. The van der Waals surface area contributed by atoms with Gasteiger partial charge in [-0.2, -0.15) is 24.7 Å². The third-order valence-corrected chi connectivity index (χ3v) is 4.79. The molecule has 1 rings (SSSR count). The predicted molar refractivity (Wildman–Crippen MR) is 138 cm³/mol. The first-order chi connectivity index (χ1) is 14.0. The molecule has 1 aliphatic rings. The molecule has 0 bridgehead atoms. The summed E-state index contributed by atoms with van der Waals surface area (Å²) < 4.78 is 0. The Morgan fingerprint density at radius 2 is 0.871 bits per heavy atom. The van der Waals surface area contributed by atoms with Crippen LogP contribution in [0.5, 0.6) is 0 Å². The van der Waals surface area contributed by atoms with Gasteiger partial charge < -0.3 is 27.7 Å². The van der Waals surface area contributed by atoms with E-state index in [0.29, 0.717) is 11.8 Å². The van der Waals surface area contributed by atoms with Gasteiger partial charge >= 0.3 is 45.1 Å². The SMILES string of the molecule is [CH2-]CCCCC.[CH2-]CCCCC.[CH2-][C@@H](CCCC)[C@@H]([CH2-])CCCC.[CH]1C=CC=C1.[Li+].[Zr+3]. The minimum Gasteiger partial charge on any atom is -0.343 e. The second-order valence-corrected chi connectivity index (χ2v) is 7.89. The van der Waals surface area contributed by atoms with Gasteiger partial charge in [0, 0.05) is 6.42 Å². The molecule has 0 fully saturated rings. The van der Waals surface area contributed by atoms with Gasteiger partial charge in [0.05, 0.1) is 0 Å². The van der Waals surface area contributed by atoms with Crippen LogP contribution in [0.15, 0.2) is 24.3 Å². The van der Waals surface area contributed by atoms with E-state index in [-0.39, 0.29) is 45.1 Å². The van der Waals surface area contributed by atoms with Crippen molar-refractivity contribution in [2.75, 3.05) is 0 Å². The van der Waals surface area contributed by atoms with E-state index < -0.39 is 0 Å². The summed E-state index contributed by atoms with van der Waals surface area (Å²) in [6, 6.07) is 0. The molecule has 0 nitrogen and oxygen atoms in total. The van der Waals surface area contributed by atoms with Crippen LogP contribution in [0.3, 0.4) is 0 Å². The van der Waals surface area contributed by atoms with Crippen molar-refractivity contribution in [3.05, 3.63) is 58.4 Å². The molecule has 2 radical (unpaired) electrons. The molecule has 31 heavy (non-hydrogen) atoms. The quantitative estimate of drug-likeness (QED) is 0.140. The molecule has 1 aliphatic carbocycles. The number of unbranched alkanes of at least 4 members (excludes halogenated alkanes) is 8. The molecule has 0 N–H and O–H groups in total. The molecule has 0 saturated carbocycles. The van der Waals surface area contributed by atoms with Crippen LogP contribution >= 0.6 is 0 Å². The molecular formula is C29H55LiZr. The van der Waals surface area contributed by atoms with Crippen LogP contribution < -0.4 is 18.9 Å². The van der Waals surface area contributed by atoms with Crippen molar-refractivity contribution in [1.82, 2.24) is 0 Å². The summed E-state index contributed by atoms with van der Waals surface area (Å²) in [6.45, 7) is 24.7. The summed E-state index contributed by atoms with van der Waals surface area (Å²) in [4.78, 5) is 0. The van der Waals surface area contributed by atoms with Crippen molar-refractivity contribution in [2.45, 2.75) is 118 Å². The zero-order valence-electron chi connectivity index (χ0n) is 22.3. The fraction of sp³-hybridized carbons (Fsp3) is 0.690. The zero-order valence-corrected chi connectivity index (χ0v) is 24.7. The molecule has 0 spiro atoms. The maximum Gasteiger partial charge on any atom is 3.00 e. The summed E-state index contributed by atoms with van der Waals surface area (Å²) in [5.41, 5.74) is 0. The Balaban J connectivity index is -0.000000102. The first-order valence-corrected chi connectivity index (χ1v) is 12.5. The summed E-state index contributed by atoms with van der Waals surface area (Å²) in [5, 5.41) is 0. The van der Waals surface area contributed by atoms with Crippen molar-refractivity contribution in [3.63, 3.8) is 0 Å². The van der Waals surface area contributed by atoms with Crippen LogP contribution in [-0.4, -0.2) is 0 Å². The van der Waals surface area contributed by atoms with E-state index in [1.807, 2.05) is 30.7 Å². The van der Waals surface area contributed by atoms with Crippen molar-refractivity contribution in [2.24, 2.45) is 11.8 Å². The van der Waals surface area contributed by atoms with Gasteiger partial charge in [0.2, 0.25) is 0 Å². The summed E-state index contributed by atoms with van der Waals surface area (Å²) in [5.74, 6) is 1.16. The second kappa shape index (κ2) is 41.2. The summed E-state index contributed by atoms with van der Waals surface area (Å²) in [6.07, 6.45) is 27.9. The van der Waals surface area contributed by atoms with E-state index >= 15 is 0 Å². The third kappa shape index (κ3) is 45.2. The Labute approximate surface area is 231 Å². The molecule has 0 saturated heterocycles. The van der Waals surface area contributed by atoms with Crippen molar-refractivity contribution in [3.8, 4) is 0 Å². The molecule has 0 heterocycles. The van der Waals surface area contributed by atoms with E-state index in [0.717, 1.165) is 12.8 Å². The number of hydrogen-bond acceptors (Lipinski definition) is 0. The largest absolute Gasteiger partial charge is 3.00 e. The standard InChI is InChI=1S/C12H24.2C6H13.C5H5.Li.Zr/c1-5-7-9-11(3)12(4)10-8-6-2;2*1-3-5-6-4-2;1-2-4-5-3-1;;/h11-12H,3-10H2,1-2H3;2*1,3-6H2,2H3;1-5H;;/q-2;2*-1;;+1;+3/t11-,12-;;;;;/m0...../s1. The normalized spacial score (nSPS) is 12.5. The van der Waals surface area contributed by atoms with Gasteiger partial charge in [-0.15, -0.1) is 0 Å². The summed E-state index contributed by atoms with van der Waals surface area (Å²) in [7, 11) is 0. The topological polar surface area (TPSA) is 0 Å². The van der Waals surface area contributed by atoms with Gasteiger partial charge in [-0.3, -0.25) is 0 Å². The first kappa shape index (κ1) is 42.1. The van der Waals surface area contributed by atoms with Gasteiger partial charge in [0.1, 0.15) is 0 Å². The van der Waals surface area contributed by atoms with E-state index in [4.69, 9.17) is 0 Å². The average molecular weight is 502 g/mol. The average Bonchev–Trinajstić information content (AvgIpc) is 3.34. The Bertz CT molecular complexity index is 274. The Kier molecular flexibility index (Phi) is 56.1. The maximum absolute atomic E-state index is 4.17. The molecule has 2 heteroatoms. The van der Waals surface area contributed by atoms with Crippen molar-refractivity contribution < 1.29 is 45.1 Å². The summed E-state index contributed by atoms with van der Waals surface area (Å²) >= 11 is 0. The van der Waals surface area contributed by atoms with Crippen molar-refractivity contribution >= 4 is 0 Å². The zero-order chi connectivity index (χ0) is 22.6. The van der Waals surface area contributed by atoms with Gasteiger partial charge in [-0.05, 0) is 0 Å². The molecule has 0 aromatic rings. The van der Waals surface area contributed by atoms with E-state index in [1.165, 1.54) is 77.0 Å². The number of allylic oxidation sites excluding steroid dienone is 4. The maximum atomic E-state index is 4.17. The van der Waals surface area contributed by atoms with Crippen LogP contribution in [-0.2, 0) is 26.2 Å². The van der Waals surface area contributed by atoms with E-state index in [1.54, 1.807) is 0 Å². The molecule has 0 aromatic heterocycles. The Hall–Kier alpha value is 0.961. The fourth-order valence-electron chi connectivity index (χ4n) is 2.58. The Morgan fingerprint density at radius 3 is 1.03 bits per heavy atom. The third-order valence-electron chi connectivity index (χ3n) is 4.79. The Morgan fingerprint density at radius 1 is 0.548 bits per heavy atom. The second-order valence-electron chi connectivity index (χ2n) is 7.89. The minimum atomic E-state index is 0. The van der Waals surface area contributed by atoms with Crippen LogP contribution in [0.2, 0.25) is 0 Å². The van der Waals surface area contributed by atoms with E-state index in [9.17, 15) is 0 Å². The smallest absolute Gasteiger partial charge is 0.343 e. The first-order valence-electron chi connectivity index (χ1n) is 12.5. The van der Waals surface area contributed by atoms with E-state index in [2.05, 4.69) is 55.4 Å². The van der Waals surface area contributed by atoms with Crippen LogP contribution in [0, 0.1) is 46.0 Å². The number of hydrogen-bond donors (Lipinski definition) is 0. The van der Waals surface area contributed by atoms with Gasteiger partial charge in [0.25, 0.3) is 0 Å². The van der Waals surface area contributed by atoms with Crippen LogP contribution in [0.4, 0.5) is 0 Å². The molecule has 0 unspecified atom stereocenters. The molecule has 176 valence electrons. The fourth-order valence-corrected chi connectivity index (χ4v) is 2.58. The monoisotopic (exact) mass is 500 g/mol.